The standard InChI is InChI=1S/C15H21N3O/c1-4-19-15-7-5-14(6-8-15)18-10-9-13(17-18)11-16-12(2)3/h5-10,12,16H,4,11H2,1-3H3. The lowest BCUT2D eigenvalue weighted by atomic mass is 10.3. The molecule has 0 unspecified atom stereocenters. The van der Waals surface area contributed by atoms with Crippen LogP contribution < -0.4 is 10.1 Å². The van der Waals surface area contributed by atoms with Gasteiger partial charge in [-0.1, -0.05) is 13.8 Å². The Labute approximate surface area is 114 Å². The maximum Gasteiger partial charge on any atom is 0.119 e. The Morgan fingerprint density at radius 3 is 2.58 bits per heavy atom. The molecule has 0 amide bonds. The van der Waals surface area contributed by atoms with Crippen LogP contribution in [0.1, 0.15) is 26.5 Å². The van der Waals surface area contributed by atoms with Gasteiger partial charge < -0.3 is 10.1 Å². The van der Waals surface area contributed by atoms with Crippen molar-refractivity contribution >= 4 is 0 Å². The van der Waals surface area contributed by atoms with Crippen LogP contribution in [0.5, 0.6) is 5.75 Å². The third-order valence-electron chi connectivity index (χ3n) is 2.75. The Bertz CT molecular complexity index is 502. The van der Waals surface area contributed by atoms with E-state index in [1.165, 1.54) is 0 Å². The zero-order valence-corrected chi connectivity index (χ0v) is 11.8. The fourth-order valence-corrected chi connectivity index (χ4v) is 1.77. The summed E-state index contributed by atoms with van der Waals surface area (Å²) in [4.78, 5) is 0. The predicted molar refractivity (Wildman–Crippen MR) is 76.7 cm³/mol. The topological polar surface area (TPSA) is 39.1 Å². The maximum absolute atomic E-state index is 5.43. The Kier molecular flexibility index (Phi) is 4.58. The Morgan fingerprint density at radius 1 is 1.21 bits per heavy atom. The minimum Gasteiger partial charge on any atom is -0.494 e. The molecule has 2 rings (SSSR count). The molecule has 1 aromatic carbocycles. The third-order valence-corrected chi connectivity index (χ3v) is 2.75. The molecular formula is C15H21N3O. The Balaban J connectivity index is 2.05. The highest BCUT2D eigenvalue weighted by atomic mass is 16.5. The fourth-order valence-electron chi connectivity index (χ4n) is 1.77. The molecule has 0 radical (unpaired) electrons. The molecule has 0 fully saturated rings. The van der Waals surface area contributed by atoms with E-state index >= 15 is 0 Å². The molecule has 4 nitrogen and oxygen atoms in total. The summed E-state index contributed by atoms with van der Waals surface area (Å²) in [5, 5.41) is 7.90. The molecule has 0 saturated heterocycles. The molecule has 0 aliphatic rings. The molecule has 0 bridgehead atoms. The highest BCUT2D eigenvalue weighted by Gasteiger charge is 2.02. The molecule has 1 aromatic heterocycles. The number of aromatic nitrogens is 2. The van der Waals surface area contributed by atoms with Gasteiger partial charge in [-0.3, -0.25) is 0 Å². The van der Waals surface area contributed by atoms with Crippen molar-refractivity contribution in [2.75, 3.05) is 6.61 Å². The molecule has 19 heavy (non-hydrogen) atoms. The van der Waals surface area contributed by atoms with E-state index < -0.39 is 0 Å². The highest BCUT2D eigenvalue weighted by molar-refractivity contribution is 5.36. The first kappa shape index (κ1) is 13.6. The van der Waals surface area contributed by atoms with Crippen molar-refractivity contribution < 1.29 is 4.74 Å². The number of hydrogen-bond acceptors (Lipinski definition) is 3. The second-order valence-corrected chi connectivity index (χ2v) is 4.71. The van der Waals surface area contributed by atoms with Gasteiger partial charge in [-0.25, -0.2) is 4.68 Å². The summed E-state index contributed by atoms with van der Waals surface area (Å²) in [5.41, 5.74) is 2.09. The van der Waals surface area contributed by atoms with Gasteiger partial charge in [0.2, 0.25) is 0 Å². The molecule has 0 atom stereocenters. The van der Waals surface area contributed by atoms with Gasteiger partial charge >= 0.3 is 0 Å². The highest BCUT2D eigenvalue weighted by Crippen LogP contribution is 2.15. The van der Waals surface area contributed by atoms with Gasteiger partial charge in [0, 0.05) is 18.8 Å². The average molecular weight is 259 g/mol. The molecule has 1 N–H and O–H groups in total. The van der Waals surface area contributed by atoms with Gasteiger partial charge in [0.05, 0.1) is 18.0 Å². The van der Waals surface area contributed by atoms with Crippen molar-refractivity contribution in [3.63, 3.8) is 0 Å². The first-order chi connectivity index (χ1) is 9.19. The van der Waals surface area contributed by atoms with Crippen molar-refractivity contribution in [1.29, 1.82) is 0 Å². The largest absolute Gasteiger partial charge is 0.494 e. The van der Waals surface area contributed by atoms with Gasteiger partial charge in [0.1, 0.15) is 5.75 Å². The van der Waals surface area contributed by atoms with Crippen LogP contribution in [-0.2, 0) is 6.54 Å². The lowest BCUT2D eigenvalue weighted by Gasteiger charge is -2.06. The summed E-state index contributed by atoms with van der Waals surface area (Å²) in [6.07, 6.45) is 1.98. The Hall–Kier alpha value is -1.81. The minimum absolute atomic E-state index is 0.468. The zero-order valence-electron chi connectivity index (χ0n) is 11.8. The van der Waals surface area contributed by atoms with Crippen LogP contribution in [0.2, 0.25) is 0 Å². The van der Waals surface area contributed by atoms with Gasteiger partial charge in [-0.05, 0) is 37.3 Å². The van der Waals surface area contributed by atoms with Gasteiger partial charge in [-0.15, -0.1) is 0 Å². The van der Waals surface area contributed by atoms with Gasteiger partial charge in [-0.2, -0.15) is 5.10 Å². The van der Waals surface area contributed by atoms with Crippen LogP contribution in [0, 0.1) is 0 Å². The van der Waals surface area contributed by atoms with E-state index in [0.717, 1.165) is 23.7 Å². The maximum atomic E-state index is 5.43. The van der Waals surface area contributed by atoms with Crippen LogP contribution in [0.15, 0.2) is 36.5 Å². The molecule has 4 heteroatoms. The van der Waals surface area contributed by atoms with Crippen molar-refractivity contribution in [2.45, 2.75) is 33.4 Å². The summed E-state index contributed by atoms with van der Waals surface area (Å²) < 4.78 is 7.31. The quantitative estimate of drug-likeness (QED) is 0.867. The molecule has 2 aromatic rings. The van der Waals surface area contributed by atoms with Crippen molar-refractivity contribution in [3.8, 4) is 11.4 Å². The average Bonchev–Trinajstić information content (AvgIpc) is 2.86. The Morgan fingerprint density at radius 2 is 1.95 bits per heavy atom. The smallest absolute Gasteiger partial charge is 0.119 e. The summed E-state index contributed by atoms with van der Waals surface area (Å²) >= 11 is 0. The van der Waals surface area contributed by atoms with Crippen molar-refractivity contribution in [3.05, 3.63) is 42.2 Å². The molecule has 1 heterocycles. The number of nitrogens with zero attached hydrogens (tertiary/aromatic N) is 2. The lowest BCUT2D eigenvalue weighted by Crippen LogP contribution is -2.22. The SMILES string of the molecule is CCOc1ccc(-n2ccc(CNC(C)C)n2)cc1. The van der Waals surface area contributed by atoms with E-state index in [-0.39, 0.29) is 0 Å². The van der Waals surface area contributed by atoms with Gasteiger partial charge in [0.15, 0.2) is 0 Å². The van der Waals surface area contributed by atoms with Crippen LogP contribution in [0.25, 0.3) is 5.69 Å². The molecule has 102 valence electrons. The molecular weight excluding hydrogens is 238 g/mol. The summed E-state index contributed by atoms with van der Waals surface area (Å²) in [7, 11) is 0. The second kappa shape index (κ2) is 6.38. The number of ether oxygens (including phenoxy) is 1. The summed E-state index contributed by atoms with van der Waals surface area (Å²) in [6, 6.07) is 10.5. The lowest BCUT2D eigenvalue weighted by molar-refractivity contribution is 0.340. The monoisotopic (exact) mass is 259 g/mol. The number of nitrogens with one attached hydrogen (secondary N) is 1. The van der Waals surface area contributed by atoms with Crippen LogP contribution in [0.3, 0.4) is 0 Å². The molecule has 0 saturated carbocycles. The molecule has 0 aliphatic carbocycles. The van der Waals surface area contributed by atoms with E-state index in [4.69, 9.17) is 4.74 Å². The first-order valence-electron chi connectivity index (χ1n) is 6.70. The number of benzene rings is 1. The first-order valence-corrected chi connectivity index (χ1v) is 6.70. The summed E-state index contributed by atoms with van der Waals surface area (Å²) in [6.45, 7) is 7.72. The zero-order chi connectivity index (χ0) is 13.7. The van der Waals surface area contributed by atoms with Gasteiger partial charge in [0.25, 0.3) is 0 Å². The summed E-state index contributed by atoms with van der Waals surface area (Å²) in [5.74, 6) is 0.889. The fraction of sp³-hybridized carbons (Fsp3) is 0.400. The molecule has 0 spiro atoms. The van der Waals surface area contributed by atoms with E-state index in [2.05, 4.69) is 24.3 Å². The van der Waals surface area contributed by atoms with Crippen LogP contribution in [0.4, 0.5) is 0 Å². The van der Waals surface area contributed by atoms with Crippen LogP contribution >= 0.6 is 0 Å². The third kappa shape index (κ3) is 3.83. The van der Waals surface area contributed by atoms with E-state index in [1.54, 1.807) is 0 Å². The van der Waals surface area contributed by atoms with E-state index in [1.807, 2.05) is 48.1 Å². The van der Waals surface area contributed by atoms with E-state index in [9.17, 15) is 0 Å². The molecule has 0 aliphatic heterocycles. The van der Waals surface area contributed by atoms with E-state index in [0.29, 0.717) is 12.6 Å². The number of rotatable bonds is 6. The second-order valence-electron chi connectivity index (χ2n) is 4.71. The number of hydrogen-bond donors (Lipinski definition) is 1. The normalized spacial score (nSPS) is 10.9. The van der Waals surface area contributed by atoms with Crippen molar-refractivity contribution in [2.24, 2.45) is 0 Å². The predicted octanol–water partition coefficient (Wildman–Crippen LogP) is 2.77. The van der Waals surface area contributed by atoms with Crippen molar-refractivity contribution in [1.82, 2.24) is 15.1 Å². The van der Waals surface area contributed by atoms with Crippen LogP contribution in [-0.4, -0.2) is 22.4 Å². The minimum atomic E-state index is 0.468.